The number of likely N-dealkylation sites (tertiary alicyclic amines) is 1. The van der Waals surface area contributed by atoms with Gasteiger partial charge in [-0.3, -0.25) is 4.90 Å². The number of nitrogens with zero attached hydrogens (tertiary/aromatic N) is 1. The molecule has 0 saturated carbocycles. The average molecular weight is 305 g/mol. The van der Waals surface area contributed by atoms with Crippen molar-refractivity contribution in [3.63, 3.8) is 0 Å². The van der Waals surface area contributed by atoms with Crippen LogP contribution in [0.5, 0.6) is 0 Å². The largest absolute Gasteiger partial charge is 0.392 e. The van der Waals surface area contributed by atoms with Gasteiger partial charge in [-0.15, -0.1) is 0 Å². The van der Waals surface area contributed by atoms with Crippen molar-refractivity contribution in [1.29, 1.82) is 0 Å². The van der Waals surface area contributed by atoms with Crippen LogP contribution in [0.15, 0.2) is 30.3 Å². The molecular weight excluding hydrogens is 278 g/mol. The van der Waals surface area contributed by atoms with E-state index in [0.29, 0.717) is 32.0 Å². The minimum Gasteiger partial charge on any atom is -0.392 e. The van der Waals surface area contributed by atoms with Crippen LogP contribution in [0.2, 0.25) is 0 Å². The summed E-state index contributed by atoms with van der Waals surface area (Å²) in [6.07, 6.45) is 0.395. The molecule has 0 aliphatic carbocycles. The van der Waals surface area contributed by atoms with E-state index in [1.807, 2.05) is 18.2 Å². The SMILES string of the molecule is CC(C)CNC(=O)NCC1CC(O)CN1Cc1ccccc1. The predicted molar refractivity (Wildman–Crippen MR) is 87.5 cm³/mol. The van der Waals surface area contributed by atoms with Crippen LogP contribution in [0.3, 0.4) is 0 Å². The molecule has 1 saturated heterocycles. The van der Waals surface area contributed by atoms with E-state index in [1.165, 1.54) is 5.56 Å². The number of aliphatic hydroxyl groups excluding tert-OH is 1. The van der Waals surface area contributed by atoms with Crippen LogP contribution in [0.25, 0.3) is 0 Å². The van der Waals surface area contributed by atoms with Crippen LogP contribution < -0.4 is 10.6 Å². The first-order valence-electron chi connectivity index (χ1n) is 8.02. The number of β-amino-alcohol motifs (C(OH)–C–C–N with tert-alkyl or cyclic N) is 1. The Morgan fingerprint density at radius 1 is 1.32 bits per heavy atom. The van der Waals surface area contributed by atoms with Crippen LogP contribution >= 0.6 is 0 Å². The third-order valence-corrected chi connectivity index (χ3v) is 3.90. The number of carbonyl (C=O) groups excluding carboxylic acids is 1. The van der Waals surface area contributed by atoms with Gasteiger partial charge in [0.2, 0.25) is 0 Å². The van der Waals surface area contributed by atoms with E-state index in [4.69, 9.17) is 0 Å². The molecular formula is C17H27N3O2. The first-order valence-corrected chi connectivity index (χ1v) is 8.02. The van der Waals surface area contributed by atoms with E-state index in [2.05, 4.69) is 41.5 Å². The second-order valence-corrected chi connectivity index (χ2v) is 6.44. The van der Waals surface area contributed by atoms with Gasteiger partial charge in [0, 0.05) is 32.2 Å². The number of amides is 2. The van der Waals surface area contributed by atoms with Gasteiger partial charge in [0.1, 0.15) is 0 Å². The van der Waals surface area contributed by atoms with E-state index in [0.717, 1.165) is 6.54 Å². The summed E-state index contributed by atoms with van der Waals surface area (Å²) in [6, 6.07) is 10.3. The Bertz CT molecular complexity index is 464. The number of rotatable bonds is 6. The Morgan fingerprint density at radius 2 is 2.05 bits per heavy atom. The van der Waals surface area contributed by atoms with Gasteiger partial charge in [-0.05, 0) is 17.9 Å². The molecule has 3 N–H and O–H groups in total. The predicted octanol–water partition coefficient (Wildman–Crippen LogP) is 1.58. The van der Waals surface area contributed by atoms with Crippen molar-refractivity contribution >= 4 is 6.03 Å². The van der Waals surface area contributed by atoms with Crippen LogP contribution in [-0.2, 0) is 6.54 Å². The second-order valence-electron chi connectivity index (χ2n) is 6.44. The number of urea groups is 1. The molecule has 2 unspecified atom stereocenters. The molecule has 1 fully saturated rings. The lowest BCUT2D eigenvalue weighted by molar-refractivity contribution is 0.172. The lowest BCUT2D eigenvalue weighted by atomic mass is 10.1. The summed E-state index contributed by atoms with van der Waals surface area (Å²) < 4.78 is 0. The van der Waals surface area contributed by atoms with Crippen molar-refractivity contribution in [2.75, 3.05) is 19.6 Å². The maximum absolute atomic E-state index is 11.7. The summed E-state index contributed by atoms with van der Waals surface area (Å²) in [4.78, 5) is 14.0. The van der Waals surface area contributed by atoms with Crippen LogP contribution in [0, 0.1) is 5.92 Å². The highest BCUT2D eigenvalue weighted by Crippen LogP contribution is 2.20. The number of nitrogens with one attached hydrogen (secondary N) is 2. The molecule has 1 aromatic carbocycles. The van der Waals surface area contributed by atoms with Crippen molar-refractivity contribution in [2.45, 2.75) is 39.0 Å². The standard InChI is InChI=1S/C17H27N3O2/c1-13(2)9-18-17(22)19-10-15-8-16(21)12-20(15)11-14-6-4-3-5-7-14/h3-7,13,15-16,21H,8-12H2,1-2H3,(H2,18,19,22). The molecule has 2 atom stereocenters. The summed E-state index contributed by atoms with van der Waals surface area (Å²) >= 11 is 0. The third kappa shape index (κ3) is 5.31. The number of hydrogen-bond acceptors (Lipinski definition) is 3. The molecule has 122 valence electrons. The fourth-order valence-corrected chi connectivity index (χ4v) is 2.75. The molecule has 2 amide bonds. The first kappa shape index (κ1) is 16.8. The molecule has 0 aromatic heterocycles. The molecule has 1 heterocycles. The molecule has 0 radical (unpaired) electrons. The minimum atomic E-state index is -0.311. The van der Waals surface area contributed by atoms with Gasteiger partial charge in [-0.1, -0.05) is 44.2 Å². The zero-order valence-corrected chi connectivity index (χ0v) is 13.5. The number of benzene rings is 1. The van der Waals surface area contributed by atoms with E-state index in [1.54, 1.807) is 0 Å². The smallest absolute Gasteiger partial charge is 0.314 e. The highest BCUT2D eigenvalue weighted by molar-refractivity contribution is 5.73. The normalized spacial score (nSPS) is 22.0. The number of aliphatic hydroxyl groups is 1. The van der Waals surface area contributed by atoms with Crippen molar-refractivity contribution in [1.82, 2.24) is 15.5 Å². The third-order valence-electron chi connectivity index (χ3n) is 3.90. The lowest BCUT2D eigenvalue weighted by Gasteiger charge is -2.24. The maximum atomic E-state index is 11.7. The van der Waals surface area contributed by atoms with E-state index < -0.39 is 0 Å². The highest BCUT2D eigenvalue weighted by Gasteiger charge is 2.30. The number of hydrogen-bond donors (Lipinski definition) is 3. The average Bonchev–Trinajstić information content (AvgIpc) is 2.83. The van der Waals surface area contributed by atoms with Gasteiger partial charge in [-0.25, -0.2) is 4.79 Å². The topological polar surface area (TPSA) is 64.6 Å². The Hall–Kier alpha value is -1.59. The monoisotopic (exact) mass is 305 g/mol. The Labute approximate surface area is 132 Å². The van der Waals surface area contributed by atoms with E-state index in [-0.39, 0.29) is 18.2 Å². The molecule has 0 spiro atoms. The van der Waals surface area contributed by atoms with Crippen LogP contribution in [0.1, 0.15) is 25.8 Å². The first-order chi connectivity index (χ1) is 10.5. The Morgan fingerprint density at radius 3 is 2.73 bits per heavy atom. The van der Waals surface area contributed by atoms with Crippen molar-refractivity contribution in [3.05, 3.63) is 35.9 Å². The molecule has 22 heavy (non-hydrogen) atoms. The summed E-state index contributed by atoms with van der Waals surface area (Å²) in [5.41, 5.74) is 1.23. The summed E-state index contributed by atoms with van der Waals surface area (Å²) in [7, 11) is 0. The van der Waals surface area contributed by atoms with E-state index in [9.17, 15) is 9.90 Å². The summed E-state index contributed by atoms with van der Waals surface area (Å²) in [6.45, 7) is 6.83. The van der Waals surface area contributed by atoms with Crippen molar-refractivity contribution in [3.8, 4) is 0 Å². The van der Waals surface area contributed by atoms with Crippen molar-refractivity contribution < 1.29 is 9.90 Å². The van der Waals surface area contributed by atoms with Crippen LogP contribution in [0.4, 0.5) is 4.79 Å². The molecule has 1 aliphatic rings. The molecule has 5 nitrogen and oxygen atoms in total. The maximum Gasteiger partial charge on any atom is 0.314 e. The molecule has 1 aromatic rings. The summed E-state index contributed by atoms with van der Waals surface area (Å²) in [5, 5.41) is 15.7. The van der Waals surface area contributed by atoms with Gasteiger partial charge in [0.25, 0.3) is 0 Å². The minimum absolute atomic E-state index is 0.130. The summed E-state index contributed by atoms with van der Waals surface area (Å²) in [5.74, 6) is 0.439. The van der Waals surface area contributed by atoms with Gasteiger partial charge < -0.3 is 15.7 Å². The number of carbonyl (C=O) groups is 1. The molecule has 0 bridgehead atoms. The lowest BCUT2D eigenvalue weighted by Crippen LogP contribution is -2.44. The fourth-order valence-electron chi connectivity index (χ4n) is 2.75. The quantitative estimate of drug-likeness (QED) is 0.747. The Kier molecular flexibility index (Phi) is 6.21. The van der Waals surface area contributed by atoms with Gasteiger partial charge in [0.15, 0.2) is 0 Å². The molecule has 2 rings (SSSR count). The Balaban J connectivity index is 1.82. The second kappa shape index (κ2) is 8.15. The zero-order chi connectivity index (χ0) is 15.9. The van der Waals surface area contributed by atoms with Gasteiger partial charge in [-0.2, -0.15) is 0 Å². The van der Waals surface area contributed by atoms with E-state index >= 15 is 0 Å². The zero-order valence-electron chi connectivity index (χ0n) is 13.5. The van der Waals surface area contributed by atoms with Gasteiger partial charge >= 0.3 is 6.03 Å². The van der Waals surface area contributed by atoms with Crippen LogP contribution in [-0.4, -0.2) is 47.8 Å². The molecule has 1 aliphatic heterocycles. The van der Waals surface area contributed by atoms with Crippen molar-refractivity contribution in [2.24, 2.45) is 5.92 Å². The fraction of sp³-hybridized carbons (Fsp3) is 0.588. The van der Waals surface area contributed by atoms with Gasteiger partial charge in [0.05, 0.1) is 6.10 Å². The molecule has 5 heteroatoms. The highest BCUT2D eigenvalue weighted by atomic mass is 16.3.